The highest BCUT2D eigenvalue weighted by Crippen LogP contribution is 2.43. The zero-order chi connectivity index (χ0) is 49.9. The summed E-state index contributed by atoms with van der Waals surface area (Å²) in [6, 6.07) is 0. The van der Waals surface area contributed by atoms with Gasteiger partial charge in [-0.15, -0.1) is 0 Å². The highest BCUT2D eigenvalue weighted by molar-refractivity contribution is 7.47. The van der Waals surface area contributed by atoms with Crippen LogP contribution < -0.4 is 0 Å². The molecule has 0 amide bonds. The number of phosphoric ester groups is 1. The molecule has 11 nitrogen and oxygen atoms in total. The van der Waals surface area contributed by atoms with E-state index in [0.29, 0.717) is 25.7 Å². The number of carbonyl (C=O) groups is 3. The second kappa shape index (κ2) is 50.3. The van der Waals surface area contributed by atoms with Crippen LogP contribution in [0.15, 0.2) is 72.9 Å². The van der Waals surface area contributed by atoms with E-state index >= 15 is 0 Å². The van der Waals surface area contributed by atoms with Crippen LogP contribution in [0.3, 0.4) is 0 Å². The smallest absolute Gasteiger partial charge is 0.462 e. The summed E-state index contributed by atoms with van der Waals surface area (Å²) in [5, 5.41) is 9.78. The Labute approximate surface area is 414 Å². The molecule has 0 aliphatic carbocycles. The summed E-state index contributed by atoms with van der Waals surface area (Å²) in [7, 11) is -4.76. The minimum Gasteiger partial charge on any atom is -0.462 e. The van der Waals surface area contributed by atoms with Crippen molar-refractivity contribution in [2.75, 3.05) is 26.4 Å². The van der Waals surface area contributed by atoms with E-state index in [1.165, 1.54) is 70.6 Å². The standard InChI is InChI=1S/C56H97O11P/c1-4-7-10-13-16-19-21-23-25-26-28-30-32-35-38-41-44-47-56(60)67-53(49-63-54(58)45-42-39-36-33-18-15-12-9-6-3)51-65-68(61,62)64-50-52(48-57)66-55(59)46-43-40-37-34-31-29-27-24-22-20-17-14-11-8-5-2/h7,10,16,19,23-25,27-28,30,35,38,52-53,57H,4-6,8-9,11-15,17-18,20-22,26,29,31-34,36-37,39-51H2,1-3H3,(H,61,62)/b10-7-,19-16-,25-23-,27-24-,30-28-,38-35-. The second-order valence-electron chi connectivity index (χ2n) is 17.7. The van der Waals surface area contributed by atoms with Crippen molar-refractivity contribution in [3.8, 4) is 0 Å². The molecule has 0 heterocycles. The third-order valence-electron chi connectivity index (χ3n) is 11.1. The molecular formula is C56H97O11P. The van der Waals surface area contributed by atoms with Gasteiger partial charge in [0.05, 0.1) is 19.8 Å². The molecule has 2 N–H and O–H groups in total. The number of hydrogen-bond acceptors (Lipinski definition) is 10. The fraction of sp³-hybridized carbons (Fsp3) is 0.732. The number of unbranched alkanes of at least 4 members (excludes halogenated alkanes) is 20. The highest BCUT2D eigenvalue weighted by atomic mass is 31.2. The van der Waals surface area contributed by atoms with Gasteiger partial charge in [0.2, 0.25) is 0 Å². The number of aliphatic hydroxyl groups excluding tert-OH is 1. The van der Waals surface area contributed by atoms with Crippen LogP contribution >= 0.6 is 7.82 Å². The van der Waals surface area contributed by atoms with Crippen molar-refractivity contribution in [1.82, 2.24) is 0 Å². The van der Waals surface area contributed by atoms with Gasteiger partial charge in [0, 0.05) is 19.3 Å². The first-order chi connectivity index (χ1) is 33.2. The predicted octanol–water partition coefficient (Wildman–Crippen LogP) is 15.4. The molecule has 3 unspecified atom stereocenters. The summed E-state index contributed by atoms with van der Waals surface area (Å²) in [4.78, 5) is 48.3. The van der Waals surface area contributed by atoms with Crippen molar-refractivity contribution in [2.45, 2.75) is 238 Å². The van der Waals surface area contributed by atoms with E-state index in [1.807, 2.05) is 12.2 Å². The lowest BCUT2D eigenvalue weighted by atomic mass is 10.1. The van der Waals surface area contributed by atoms with Gasteiger partial charge < -0.3 is 24.2 Å². The van der Waals surface area contributed by atoms with Crippen molar-refractivity contribution >= 4 is 25.7 Å². The summed E-state index contributed by atoms with van der Waals surface area (Å²) < 4.78 is 39.3. The van der Waals surface area contributed by atoms with Gasteiger partial charge in [-0.05, 0) is 83.5 Å². The first kappa shape index (κ1) is 64.9. The molecule has 0 bridgehead atoms. The third-order valence-corrected chi connectivity index (χ3v) is 12.1. The predicted molar refractivity (Wildman–Crippen MR) is 279 cm³/mol. The maximum absolute atomic E-state index is 12.8. The Morgan fingerprint density at radius 3 is 1.25 bits per heavy atom. The molecule has 0 rings (SSSR count). The summed E-state index contributed by atoms with van der Waals surface area (Å²) in [5.74, 6) is -1.55. The molecule has 0 radical (unpaired) electrons. The number of ether oxygens (including phenoxy) is 3. The SMILES string of the molecule is CC/C=C\C/C=C\C/C=C\C/C=C\C/C=C\CCCC(=O)OC(COC(=O)CCCCCCCCCCC)COP(=O)(O)OCC(CO)OC(=O)CCCCCCC/C=C\CCCCCCCC. The number of phosphoric acid groups is 1. The van der Waals surface area contributed by atoms with E-state index in [2.05, 4.69) is 81.5 Å². The Morgan fingerprint density at radius 1 is 0.426 bits per heavy atom. The average Bonchev–Trinajstić information content (AvgIpc) is 3.32. The molecule has 0 aromatic carbocycles. The van der Waals surface area contributed by atoms with Gasteiger partial charge in [-0.2, -0.15) is 0 Å². The van der Waals surface area contributed by atoms with Crippen molar-refractivity contribution in [3.05, 3.63) is 72.9 Å². The van der Waals surface area contributed by atoms with Crippen molar-refractivity contribution in [1.29, 1.82) is 0 Å². The van der Waals surface area contributed by atoms with Crippen LogP contribution in [-0.4, -0.2) is 66.5 Å². The average molecular weight is 977 g/mol. The lowest BCUT2D eigenvalue weighted by Crippen LogP contribution is -2.30. The second-order valence-corrected chi connectivity index (χ2v) is 19.1. The van der Waals surface area contributed by atoms with E-state index in [0.717, 1.165) is 89.9 Å². The summed E-state index contributed by atoms with van der Waals surface area (Å²) in [6.45, 7) is 4.42. The monoisotopic (exact) mass is 977 g/mol. The van der Waals surface area contributed by atoms with Gasteiger partial charge in [0.15, 0.2) is 6.10 Å². The van der Waals surface area contributed by atoms with Gasteiger partial charge in [-0.1, -0.05) is 196 Å². The molecule has 0 spiro atoms. The van der Waals surface area contributed by atoms with E-state index in [1.54, 1.807) is 0 Å². The number of esters is 3. The topological polar surface area (TPSA) is 155 Å². The molecular weight excluding hydrogens is 880 g/mol. The van der Waals surface area contributed by atoms with Crippen LogP contribution in [0.5, 0.6) is 0 Å². The van der Waals surface area contributed by atoms with Crippen molar-refractivity contribution in [2.24, 2.45) is 0 Å². The number of hydrogen-bond donors (Lipinski definition) is 2. The first-order valence-electron chi connectivity index (χ1n) is 26.8. The minimum absolute atomic E-state index is 0.0883. The fourth-order valence-electron chi connectivity index (χ4n) is 7.03. The molecule has 3 atom stereocenters. The quantitative estimate of drug-likeness (QED) is 0.0197. The maximum atomic E-state index is 12.8. The Kier molecular flexibility index (Phi) is 48.0. The van der Waals surface area contributed by atoms with Crippen LogP contribution in [0.1, 0.15) is 226 Å². The van der Waals surface area contributed by atoms with E-state index in [4.69, 9.17) is 23.3 Å². The molecule has 0 saturated carbocycles. The summed E-state index contributed by atoms with van der Waals surface area (Å²) in [5.41, 5.74) is 0. The molecule has 0 fully saturated rings. The van der Waals surface area contributed by atoms with Crippen LogP contribution in [0.25, 0.3) is 0 Å². The van der Waals surface area contributed by atoms with Crippen LogP contribution in [0.2, 0.25) is 0 Å². The number of aliphatic hydroxyl groups is 1. The molecule has 0 aliphatic heterocycles. The minimum atomic E-state index is -4.76. The molecule has 0 aliphatic rings. The van der Waals surface area contributed by atoms with Gasteiger partial charge in [0.1, 0.15) is 12.7 Å². The van der Waals surface area contributed by atoms with Gasteiger partial charge in [0.25, 0.3) is 0 Å². The largest absolute Gasteiger partial charge is 0.472 e. The molecule has 0 saturated heterocycles. The number of carbonyl (C=O) groups excluding carboxylic acids is 3. The van der Waals surface area contributed by atoms with Gasteiger partial charge >= 0.3 is 25.7 Å². The van der Waals surface area contributed by atoms with Crippen LogP contribution in [-0.2, 0) is 42.2 Å². The zero-order valence-corrected chi connectivity index (χ0v) is 43.9. The molecule has 68 heavy (non-hydrogen) atoms. The zero-order valence-electron chi connectivity index (χ0n) is 43.1. The third kappa shape index (κ3) is 48.0. The highest BCUT2D eigenvalue weighted by Gasteiger charge is 2.28. The van der Waals surface area contributed by atoms with Crippen LogP contribution in [0, 0.1) is 0 Å². The molecule has 0 aromatic rings. The summed E-state index contributed by atoms with van der Waals surface area (Å²) in [6.07, 6.45) is 54.5. The maximum Gasteiger partial charge on any atom is 0.472 e. The summed E-state index contributed by atoms with van der Waals surface area (Å²) >= 11 is 0. The van der Waals surface area contributed by atoms with Gasteiger partial charge in [-0.25, -0.2) is 4.57 Å². The molecule has 12 heteroatoms. The Bertz CT molecular complexity index is 1420. The number of rotatable bonds is 49. The van der Waals surface area contributed by atoms with E-state index in [-0.39, 0.29) is 25.9 Å². The van der Waals surface area contributed by atoms with E-state index in [9.17, 15) is 28.9 Å². The Morgan fingerprint density at radius 2 is 0.779 bits per heavy atom. The lowest BCUT2D eigenvalue weighted by molar-refractivity contribution is -0.161. The van der Waals surface area contributed by atoms with Gasteiger partial charge in [-0.3, -0.25) is 23.4 Å². The molecule has 392 valence electrons. The first-order valence-corrected chi connectivity index (χ1v) is 28.3. The van der Waals surface area contributed by atoms with Crippen molar-refractivity contribution in [3.63, 3.8) is 0 Å². The normalized spacial score (nSPS) is 14.0. The number of allylic oxidation sites excluding steroid dienone is 12. The Balaban J connectivity index is 4.76. The molecule has 0 aromatic heterocycles. The fourth-order valence-corrected chi connectivity index (χ4v) is 7.82. The lowest BCUT2D eigenvalue weighted by Gasteiger charge is -2.21. The van der Waals surface area contributed by atoms with E-state index < -0.39 is 57.8 Å². The van der Waals surface area contributed by atoms with Crippen LogP contribution in [0.4, 0.5) is 0 Å². The Hall–Kier alpha value is -3.08. The van der Waals surface area contributed by atoms with Crippen molar-refractivity contribution < 1.29 is 52.2 Å².